The molecule has 0 saturated carbocycles. The zero-order valence-corrected chi connectivity index (χ0v) is 23.4. The first-order valence-corrected chi connectivity index (χ1v) is 13.2. The number of carbonyl (C=O) groups excluding carboxylic acids is 1. The van der Waals surface area contributed by atoms with Gasteiger partial charge in [0.05, 0.1) is 30.2 Å². The first-order chi connectivity index (χ1) is 19.6. The van der Waals surface area contributed by atoms with Crippen LogP contribution in [0.15, 0.2) is 67.0 Å². The van der Waals surface area contributed by atoms with Crippen LogP contribution in [0.5, 0.6) is 17.4 Å². The van der Waals surface area contributed by atoms with Crippen LogP contribution in [0.1, 0.15) is 40.9 Å². The molecule has 0 spiro atoms. The fourth-order valence-electron chi connectivity index (χ4n) is 4.78. The lowest BCUT2D eigenvalue weighted by Gasteiger charge is -2.24. The molecule has 0 aliphatic carbocycles. The monoisotopic (exact) mass is 557 g/mol. The summed E-state index contributed by atoms with van der Waals surface area (Å²) in [5.41, 5.74) is 2.38. The van der Waals surface area contributed by atoms with Gasteiger partial charge in [0.15, 0.2) is 5.75 Å². The summed E-state index contributed by atoms with van der Waals surface area (Å²) < 4.78 is 26.6. The second-order valence-electron chi connectivity index (χ2n) is 10.7. The second-order valence-corrected chi connectivity index (χ2v) is 10.7. The van der Waals surface area contributed by atoms with Gasteiger partial charge in [-0.3, -0.25) is 9.78 Å². The summed E-state index contributed by atoms with van der Waals surface area (Å²) in [6, 6.07) is 15.5. The average molecular weight is 558 g/mol. The number of carbonyl (C=O) groups is 1. The molecule has 0 aliphatic heterocycles. The minimum absolute atomic E-state index is 0.0701. The first kappa shape index (κ1) is 27.9. The van der Waals surface area contributed by atoms with E-state index in [1.165, 1.54) is 16.7 Å². The third-order valence-electron chi connectivity index (χ3n) is 7.01. The SMILES string of the molecule is COc1ccc(COc2c3ncc(Cc4ccc(F)cc4)cc3c(C(=O)NC(C)(C)CO)c3cn(C)c(O)c23)cc1. The number of nitrogens with zero attached hydrogens (tertiary/aromatic N) is 2. The minimum atomic E-state index is -0.894. The number of aliphatic hydroxyl groups is 1. The fourth-order valence-corrected chi connectivity index (χ4v) is 4.78. The highest BCUT2D eigenvalue weighted by Crippen LogP contribution is 2.43. The Morgan fingerprint density at radius 2 is 1.73 bits per heavy atom. The summed E-state index contributed by atoms with van der Waals surface area (Å²) in [6.45, 7) is 3.36. The first-order valence-electron chi connectivity index (χ1n) is 13.2. The van der Waals surface area contributed by atoms with Crippen LogP contribution in [0.2, 0.25) is 0 Å². The van der Waals surface area contributed by atoms with Gasteiger partial charge in [0.1, 0.15) is 23.7 Å². The van der Waals surface area contributed by atoms with E-state index in [-0.39, 0.29) is 24.9 Å². The largest absolute Gasteiger partial charge is 0.497 e. The molecule has 1 amide bonds. The number of methoxy groups -OCH3 is 1. The van der Waals surface area contributed by atoms with Crippen molar-refractivity contribution in [2.24, 2.45) is 7.05 Å². The quantitative estimate of drug-likeness (QED) is 0.229. The lowest BCUT2D eigenvalue weighted by atomic mass is 9.96. The number of fused-ring (bicyclic) bond motifs is 2. The van der Waals surface area contributed by atoms with Crippen molar-refractivity contribution in [3.8, 4) is 17.4 Å². The van der Waals surface area contributed by atoms with Crippen LogP contribution in [0, 0.1) is 5.82 Å². The zero-order chi connectivity index (χ0) is 29.3. The van der Waals surface area contributed by atoms with Gasteiger partial charge < -0.3 is 29.6 Å². The Hall–Kier alpha value is -4.63. The Bertz CT molecular complexity index is 1730. The van der Waals surface area contributed by atoms with Crippen molar-refractivity contribution < 1.29 is 28.9 Å². The van der Waals surface area contributed by atoms with Gasteiger partial charge in [0, 0.05) is 30.2 Å². The van der Waals surface area contributed by atoms with Crippen LogP contribution >= 0.6 is 0 Å². The third-order valence-corrected chi connectivity index (χ3v) is 7.01. The van der Waals surface area contributed by atoms with Crippen LogP contribution < -0.4 is 14.8 Å². The molecule has 0 saturated heterocycles. The van der Waals surface area contributed by atoms with Crippen molar-refractivity contribution >= 4 is 27.6 Å². The highest BCUT2D eigenvalue weighted by Gasteiger charge is 2.28. The molecule has 3 aromatic carbocycles. The van der Waals surface area contributed by atoms with E-state index in [0.717, 1.165) is 22.4 Å². The maximum absolute atomic E-state index is 13.8. The maximum atomic E-state index is 13.8. The van der Waals surface area contributed by atoms with Crippen molar-refractivity contribution in [1.29, 1.82) is 0 Å². The van der Waals surface area contributed by atoms with E-state index in [0.29, 0.717) is 39.4 Å². The van der Waals surface area contributed by atoms with Crippen LogP contribution in [0.4, 0.5) is 4.39 Å². The van der Waals surface area contributed by atoms with E-state index in [2.05, 4.69) is 5.32 Å². The van der Waals surface area contributed by atoms with Gasteiger partial charge in [-0.2, -0.15) is 0 Å². The van der Waals surface area contributed by atoms with E-state index >= 15 is 0 Å². The Kier molecular flexibility index (Phi) is 7.55. The highest BCUT2D eigenvalue weighted by molar-refractivity contribution is 6.21. The smallest absolute Gasteiger partial charge is 0.253 e. The van der Waals surface area contributed by atoms with Crippen molar-refractivity contribution in [3.63, 3.8) is 0 Å². The summed E-state index contributed by atoms with van der Waals surface area (Å²) >= 11 is 0. The number of amides is 1. The molecule has 8 nitrogen and oxygen atoms in total. The van der Waals surface area contributed by atoms with Crippen molar-refractivity contribution in [3.05, 3.63) is 95.1 Å². The molecule has 0 aliphatic rings. The van der Waals surface area contributed by atoms with Gasteiger partial charge in [-0.1, -0.05) is 24.3 Å². The average Bonchev–Trinajstić information content (AvgIpc) is 3.25. The molecule has 212 valence electrons. The standard InChI is InChI=1S/C32H32FN3O5/c1-32(2,18-37)35-30(38)26-24-14-21(13-19-5-9-22(33)10-6-19)15-34-28(24)29(27-25(26)16-36(3)31(27)39)41-17-20-7-11-23(40-4)12-8-20/h5-12,14-16,37,39H,13,17-18H2,1-4H3,(H,35,38). The van der Waals surface area contributed by atoms with Gasteiger partial charge in [0.25, 0.3) is 5.91 Å². The fraction of sp³-hybridized carbons (Fsp3) is 0.250. The lowest BCUT2D eigenvalue weighted by Crippen LogP contribution is -2.46. The van der Waals surface area contributed by atoms with Gasteiger partial charge >= 0.3 is 0 Å². The van der Waals surface area contributed by atoms with E-state index in [9.17, 15) is 19.4 Å². The number of aliphatic hydroxyl groups excluding tert-OH is 1. The number of ether oxygens (including phenoxy) is 2. The summed E-state index contributed by atoms with van der Waals surface area (Å²) in [5, 5.41) is 25.2. The van der Waals surface area contributed by atoms with E-state index in [1.807, 2.05) is 30.3 Å². The molecule has 41 heavy (non-hydrogen) atoms. The maximum Gasteiger partial charge on any atom is 0.253 e. The van der Waals surface area contributed by atoms with Crippen LogP contribution in [-0.4, -0.2) is 44.9 Å². The normalized spacial score (nSPS) is 11.7. The zero-order valence-electron chi connectivity index (χ0n) is 23.4. The summed E-state index contributed by atoms with van der Waals surface area (Å²) in [6.07, 6.45) is 3.83. The number of hydrogen-bond acceptors (Lipinski definition) is 6. The summed E-state index contributed by atoms with van der Waals surface area (Å²) in [5.74, 6) is 0.251. The van der Waals surface area contributed by atoms with E-state index in [4.69, 9.17) is 14.5 Å². The van der Waals surface area contributed by atoms with Crippen molar-refractivity contribution in [1.82, 2.24) is 14.9 Å². The van der Waals surface area contributed by atoms with Crippen LogP contribution in [0.3, 0.4) is 0 Å². The molecule has 5 rings (SSSR count). The van der Waals surface area contributed by atoms with Gasteiger partial charge in [0.2, 0.25) is 5.88 Å². The molecule has 2 heterocycles. The topological polar surface area (TPSA) is 106 Å². The Labute approximate surface area is 237 Å². The van der Waals surface area contributed by atoms with Crippen LogP contribution in [0.25, 0.3) is 21.7 Å². The number of aromatic hydroxyl groups is 1. The Balaban J connectivity index is 1.69. The number of halogens is 1. The Morgan fingerprint density at radius 3 is 2.39 bits per heavy atom. The predicted octanol–water partition coefficient (Wildman–Crippen LogP) is 5.25. The molecule has 0 fully saturated rings. The highest BCUT2D eigenvalue weighted by atomic mass is 19.1. The summed E-state index contributed by atoms with van der Waals surface area (Å²) in [7, 11) is 3.28. The van der Waals surface area contributed by atoms with Crippen molar-refractivity contribution in [2.75, 3.05) is 13.7 Å². The number of benzene rings is 3. The Morgan fingerprint density at radius 1 is 1.05 bits per heavy atom. The molecular weight excluding hydrogens is 525 g/mol. The second kappa shape index (κ2) is 11.1. The number of hydrogen-bond donors (Lipinski definition) is 3. The van der Waals surface area contributed by atoms with Crippen molar-refractivity contribution in [2.45, 2.75) is 32.4 Å². The number of pyridine rings is 1. The van der Waals surface area contributed by atoms with Gasteiger partial charge in [-0.25, -0.2) is 4.39 Å². The molecule has 0 atom stereocenters. The summed E-state index contributed by atoms with van der Waals surface area (Å²) in [4.78, 5) is 18.5. The van der Waals surface area contributed by atoms with E-state index < -0.39 is 11.4 Å². The number of aryl methyl sites for hydroxylation is 1. The predicted molar refractivity (Wildman–Crippen MR) is 155 cm³/mol. The minimum Gasteiger partial charge on any atom is -0.497 e. The molecule has 3 N–H and O–H groups in total. The number of rotatable bonds is 9. The molecular formula is C32H32FN3O5. The molecule has 5 aromatic rings. The molecule has 2 aromatic heterocycles. The number of nitrogens with one attached hydrogen (secondary N) is 1. The van der Waals surface area contributed by atoms with Gasteiger partial charge in [-0.15, -0.1) is 0 Å². The molecule has 0 unspecified atom stereocenters. The number of aromatic nitrogens is 2. The van der Waals surface area contributed by atoms with E-state index in [1.54, 1.807) is 52.5 Å². The molecule has 0 bridgehead atoms. The van der Waals surface area contributed by atoms with Crippen LogP contribution in [-0.2, 0) is 20.1 Å². The molecule has 0 radical (unpaired) electrons. The van der Waals surface area contributed by atoms with Gasteiger partial charge in [-0.05, 0) is 67.3 Å². The molecule has 9 heteroatoms. The lowest BCUT2D eigenvalue weighted by molar-refractivity contribution is 0.0872. The third kappa shape index (κ3) is 5.67.